The fourth-order valence-corrected chi connectivity index (χ4v) is 4.00. The maximum absolute atomic E-state index is 13.5. The Hall–Kier alpha value is -4.77. The van der Waals surface area contributed by atoms with Gasteiger partial charge >= 0.3 is 0 Å². The van der Waals surface area contributed by atoms with E-state index in [0.29, 0.717) is 5.57 Å². The van der Waals surface area contributed by atoms with Crippen LogP contribution in [0, 0.1) is 10.1 Å². The molecular formula is C29H20N2O3. The molecule has 4 aromatic rings. The Bertz CT molecular complexity index is 1410. The maximum Gasteiger partial charge on any atom is 0.269 e. The summed E-state index contributed by atoms with van der Waals surface area (Å²) in [6.45, 7) is 0. The molecule has 0 saturated carbocycles. The molecule has 0 unspecified atom stereocenters. The molecule has 0 aliphatic carbocycles. The number of carbonyl (C=O) groups excluding carboxylic acids is 1. The quantitative estimate of drug-likeness (QED) is 0.195. The number of hydrogen-bond donors (Lipinski definition) is 0. The molecule has 5 rings (SSSR count). The van der Waals surface area contributed by atoms with E-state index in [1.54, 1.807) is 23.1 Å². The van der Waals surface area contributed by atoms with E-state index in [1.807, 2.05) is 78.9 Å². The molecule has 0 N–H and O–H groups in total. The van der Waals surface area contributed by atoms with Gasteiger partial charge in [0.25, 0.3) is 11.6 Å². The van der Waals surface area contributed by atoms with Crippen molar-refractivity contribution in [3.8, 4) is 11.1 Å². The van der Waals surface area contributed by atoms with Gasteiger partial charge in [-0.2, -0.15) is 0 Å². The van der Waals surface area contributed by atoms with Gasteiger partial charge in [-0.3, -0.25) is 19.8 Å². The Morgan fingerprint density at radius 2 is 1.24 bits per heavy atom. The maximum atomic E-state index is 13.5. The highest BCUT2D eigenvalue weighted by molar-refractivity contribution is 6.23. The van der Waals surface area contributed by atoms with Gasteiger partial charge < -0.3 is 0 Å². The number of hydrogen-bond acceptors (Lipinski definition) is 3. The zero-order valence-corrected chi connectivity index (χ0v) is 18.2. The lowest BCUT2D eigenvalue weighted by Gasteiger charge is -2.21. The lowest BCUT2D eigenvalue weighted by molar-refractivity contribution is -0.384. The molecule has 5 nitrogen and oxygen atoms in total. The van der Waals surface area contributed by atoms with Crippen LogP contribution in [0.5, 0.6) is 0 Å². The average Bonchev–Trinajstić information content (AvgIpc) is 3.21. The van der Waals surface area contributed by atoms with Gasteiger partial charge in [-0.15, -0.1) is 0 Å². The van der Waals surface area contributed by atoms with Gasteiger partial charge in [-0.25, -0.2) is 0 Å². The summed E-state index contributed by atoms with van der Waals surface area (Å²) in [4.78, 5) is 25.7. The van der Waals surface area contributed by atoms with Crippen LogP contribution in [0.25, 0.3) is 22.9 Å². The normalized spacial score (nSPS) is 14.4. The van der Waals surface area contributed by atoms with Crippen LogP contribution in [0.4, 0.5) is 11.4 Å². The first kappa shape index (κ1) is 21.1. The molecule has 1 heterocycles. The molecule has 1 amide bonds. The van der Waals surface area contributed by atoms with E-state index >= 15 is 0 Å². The molecule has 0 atom stereocenters. The van der Waals surface area contributed by atoms with Crippen molar-refractivity contribution in [2.24, 2.45) is 0 Å². The van der Waals surface area contributed by atoms with Gasteiger partial charge in [0.1, 0.15) is 0 Å². The van der Waals surface area contributed by atoms with Gasteiger partial charge in [0.05, 0.1) is 10.6 Å². The minimum atomic E-state index is -0.439. The minimum absolute atomic E-state index is 0.0144. The van der Waals surface area contributed by atoms with Crippen molar-refractivity contribution in [2.75, 3.05) is 4.90 Å². The fraction of sp³-hybridized carbons (Fsp3) is 0. The van der Waals surface area contributed by atoms with Crippen molar-refractivity contribution in [2.45, 2.75) is 0 Å². The summed E-state index contributed by atoms with van der Waals surface area (Å²) in [5.41, 5.74) is 5.91. The van der Waals surface area contributed by atoms with Crippen molar-refractivity contribution in [3.63, 3.8) is 0 Å². The smallest absolute Gasteiger partial charge is 0.269 e. The number of non-ortho nitro benzene ring substituents is 1. The monoisotopic (exact) mass is 444 g/mol. The highest BCUT2D eigenvalue weighted by Crippen LogP contribution is 2.36. The lowest BCUT2D eigenvalue weighted by Crippen LogP contribution is -2.24. The van der Waals surface area contributed by atoms with Gasteiger partial charge in [0, 0.05) is 23.4 Å². The van der Waals surface area contributed by atoms with Crippen LogP contribution in [0.2, 0.25) is 0 Å². The SMILES string of the molecule is O=C1/C(=C/c2ccc([N+](=O)[O-])cc2)C=C(c2ccccc2)N1c1ccc(-c2ccccc2)cc1. The number of rotatable bonds is 5. The second-order valence-corrected chi connectivity index (χ2v) is 7.90. The molecule has 0 fully saturated rings. The number of benzene rings is 4. The van der Waals surface area contributed by atoms with Crippen molar-refractivity contribution < 1.29 is 9.72 Å². The molecular weight excluding hydrogens is 424 g/mol. The van der Waals surface area contributed by atoms with Crippen LogP contribution in [0.3, 0.4) is 0 Å². The number of nitrogens with zero attached hydrogens (tertiary/aromatic N) is 2. The molecule has 0 spiro atoms. The molecule has 0 radical (unpaired) electrons. The van der Waals surface area contributed by atoms with Gasteiger partial charge in [0.15, 0.2) is 0 Å². The predicted octanol–water partition coefficient (Wildman–Crippen LogP) is 6.73. The van der Waals surface area contributed by atoms with Crippen LogP contribution in [-0.2, 0) is 4.79 Å². The Labute approximate surface area is 197 Å². The highest BCUT2D eigenvalue weighted by atomic mass is 16.6. The van der Waals surface area contributed by atoms with E-state index in [9.17, 15) is 14.9 Å². The second-order valence-electron chi connectivity index (χ2n) is 7.90. The van der Waals surface area contributed by atoms with Crippen LogP contribution in [0.15, 0.2) is 121 Å². The number of nitro benzene ring substituents is 1. The summed E-state index contributed by atoms with van der Waals surface area (Å²) in [5.74, 6) is -0.148. The molecule has 0 bridgehead atoms. The highest BCUT2D eigenvalue weighted by Gasteiger charge is 2.30. The van der Waals surface area contributed by atoms with Crippen LogP contribution in [-0.4, -0.2) is 10.8 Å². The van der Waals surface area contributed by atoms with E-state index in [0.717, 1.165) is 33.6 Å². The summed E-state index contributed by atoms with van der Waals surface area (Å²) in [5, 5.41) is 10.9. The third kappa shape index (κ3) is 4.14. The van der Waals surface area contributed by atoms with E-state index < -0.39 is 4.92 Å². The molecule has 4 aromatic carbocycles. The van der Waals surface area contributed by atoms with E-state index in [2.05, 4.69) is 12.1 Å². The number of amides is 1. The number of nitro groups is 1. The summed E-state index contributed by atoms with van der Waals surface area (Å²) in [7, 11) is 0. The van der Waals surface area contributed by atoms with Gasteiger partial charge in [-0.05, 0) is 58.7 Å². The first-order chi connectivity index (χ1) is 16.6. The van der Waals surface area contributed by atoms with Gasteiger partial charge in [-0.1, -0.05) is 72.8 Å². The molecule has 0 saturated heterocycles. The topological polar surface area (TPSA) is 63.4 Å². The summed E-state index contributed by atoms with van der Waals surface area (Å²) < 4.78 is 0. The van der Waals surface area contributed by atoms with Crippen LogP contribution < -0.4 is 4.90 Å². The number of carbonyl (C=O) groups is 1. The van der Waals surface area contributed by atoms with Crippen molar-refractivity contribution in [1.82, 2.24) is 0 Å². The number of anilines is 1. The average molecular weight is 444 g/mol. The standard InChI is InChI=1S/C29H20N2O3/c32-29-25(19-21-11-15-27(16-12-21)31(33)34)20-28(24-9-5-2-6-10-24)30(29)26-17-13-23(14-18-26)22-7-3-1-4-8-22/h1-20H/b25-19+. The molecule has 34 heavy (non-hydrogen) atoms. The van der Waals surface area contributed by atoms with E-state index in [4.69, 9.17) is 0 Å². The lowest BCUT2D eigenvalue weighted by atomic mass is 10.0. The summed E-state index contributed by atoms with van der Waals surface area (Å²) >= 11 is 0. The van der Waals surface area contributed by atoms with E-state index in [1.165, 1.54) is 12.1 Å². The molecule has 1 aliphatic heterocycles. The van der Waals surface area contributed by atoms with Crippen molar-refractivity contribution >= 4 is 29.1 Å². The fourth-order valence-electron chi connectivity index (χ4n) is 4.00. The summed E-state index contributed by atoms with van der Waals surface area (Å²) in [6, 6.07) is 33.9. The second kappa shape index (κ2) is 9.00. The Morgan fingerprint density at radius 1 is 0.676 bits per heavy atom. The first-order valence-electron chi connectivity index (χ1n) is 10.8. The van der Waals surface area contributed by atoms with Crippen molar-refractivity contribution in [3.05, 3.63) is 142 Å². The van der Waals surface area contributed by atoms with Crippen molar-refractivity contribution in [1.29, 1.82) is 0 Å². The van der Waals surface area contributed by atoms with Gasteiger partial charge in [0.2, 0.25) is 0 Å². The molecule has 164 valence electrons. The third-order valence-corrected chi connectivity index (χ3v) is 5.71. The molecule has 0 aromatic heterocycles. The largest absolute Gasteiger partial charge is 0.276 e. The third-order valence-electron chi connectivity index (χ3n) is 5.71. The zero-order chi connectivity index (χ0) is 23.5. The molecule has 5 heteroatoms. The van der Waals surface area contributed by atoms with Crippen LogP contribution in [0.1, 0.15) is 11.1 Å². The minimum Gasteiger partial charge on any atom is -0.276 e. The predicted molar refractivity (Wildman–Crippen MR) is 135 cm³/mol. The van der Waals surface area contributed by atoms with E-state index in [-0.39, 0.29) is 11.6 Å². The first-order valence-corrected chi connectivity index (χ1v) is 10.8. The van der Waals surface area contributed by atoms with Crippen LogP contribution >= 0.6 is 0 Å². The Morgan fingerprint density at radius 3 is 1.82 bits per heavy atom. The zero-order valence-electron chi connectivity index (χ0n) is 18.2. The Balaban J connectivity index is 1.53. The molecule has 1 aliphatic rings. The summed E-state index contributed by atoms with van der Waals surface area (Å²) in [6.07, 6.45) is 3.62. The Kier molecular flexibility index (Phi) is 5.58.